The van der Waals surface area contributed by atoms with Crippen LogP contribution in [0.3, 0.4) is 0 Å². The number of ether oxygens (including phenoxy) is 1. The van der Waals surface area contributed by atoms with Gasteiger partial charge >= 0.3 is 0 Å². The zero-order valence-electron chi connectivity index (χ0n) is 19.3. The molecular weight excluding hydrogens is 443 g/mol. The normalized spacial score (nSPS) is 19.9. The molecular formula is C25H28F3N5O. The third kappa shape index (κ3) is 4.30. The maximum absolute atomic E-state index is 14.7. The summed E-state index contributed by atoms with van der Waals surface area (Å²) in [4.78, 5) is 4.83. The monoisotopic (exact) mass is 471 g/mol. The zero-order valence-corrected chi connectivity index (χ0v) is 19.3. The third-order valence-electron chi connectivity index (χ3n) is 6.86. The van der Waals surface area contributed by atoms with Gasteiger partial charge in [0.2, 0.25) is 0 Å². The van der Waals surface area contributed by atoms with Crippen molar-refractivity contribution in [3.63, 3.8) is 0 Å². The van der Waals surface area contributed by atoms with Crippen LogP contribution in [0, 0.1) is 12.7 Å². The number of nitrogens with one attached hydrogen (secondary N) is 1. The Labute approximate surface area is 196 Å². The highest BCUT2D eigenvalue weighted by Gasteiger charge is 2.30. The highest BCUT2D eigenvalue weighted by molar-refractivity contribution is 5.95. The molecule has 1 aromatic heterocycles. The Hall–Kier alpha value is -2.91. The van der Waals surface area contributed by atoms with Crippen molar-refractivity contribution in [1.82, 2.24) is 15.1 Å². The molecule has 1 N–H and O–H groups in total. The van der Waals surface area contributed by atoms with E-state index < -0.39 is 23.8 Å². The number of alkyl halides is 2. The molecule has 2 fully saturated rings. The van der Waals surface area contributed by atoms with Crippen molar-refractivity contribution in [2.75, 3.05) is 49.6 Å². The highest BCUT2D eigenvalue weighted by Crippen LogP contribution is 2.33. The molecule has 0 aliphatic carbocycles. The van der Waals surface area contributed by atoms with Crippen molar-refractivity contribution in [3.05, 3.63) is 59.0 Å². The summed E-state index contributed by atoms with van der Waals surface area (Å²) in [6.07, 6.45) is -2.87. The molecule has 2 atom stereocenters. The van der Waals surface area contributed by atoms with Crippen LogP contribution in [0.2, 0.25) is 0 Å². The fourth-order valence-corrected chi connectivity index (χ4v) is 4.91. The molecule has 2 saturated heterocycles. The van der Waals surface area contributed by atoms with Gasteiger partial charge in [-0.2, -0.15) is 5.10 Å². The molecule has 0 spiro atoms. The summed E-state index contributed by atoms with van der Waals surface area (Å²) < 4.78 is 46.7. The quantitative estimate of drug-likeness (QED) is 0.582. The van der Waals surface area contributed by atoms with Gasteiger partial charge < -0.3 is 15.0 Å². The summed E-state index contributed by atoms with van der Waals surface area (Å²) in [5.74, 6) is -0.397. The predicted molar refractivity (Wildman–Crippen MR) is 126 cm³/mol. The van der Waals surface area contributed by atoms with Crippen molar-refractivity contribution >= 4 is 22.3 Å². The molecule has 0 bridgehead atoms. The van der Waals surface area contributed by atoms with Gasteiger partial charge in [-0.3, -0.25) is 4.90 Å². The van der Waals surface area contributed by atoms with Gasteiger partial charge in [0.05, 0.1) is 36.6 Å². The number of rotatable bonds is 5. The first-order valence-electron chi connectivity index (χ1n) is 11.6. The number of aryl methyl sites for hydroxylation is 1. The first kappa shape index (κ1) is 22.9. The lowest BCUT2D eigenvalue weighted by atomic mass is 10.0. The van der Waals surface area contributed by atoms with Gasteiger partial charge in [0.1, 0.15) is 5.82 Å². The Morgan fingerprint density at radius 3 is 2.71 bits per heavy atom. The summed E-state index contributed by atoms with van der Waals surface area (Å²) in [5.41, 5.74) is 1.43. The minimum absolute atomic E-state index is 0.165. The third-order valence-corrected chi connectivity index (χ3v) is 6.86. The molecule has 0 radical (unpaired) electrons. The maximum atomic E-state index is 14.7. The lowest BCUT2D eigenvalue weighted by Gasteiger charge is -2.44. The average molecular weight is 472 g/mol. The van der Waals surface area contributed by atoms with Crippen molar-refractivity contribution in [2.45, 2.75) is 32.4 Å². The molecule has 0 amide bonds. The van der Waals surface area contributed by atoms with E-state index in [4.69, 9.17) is 4.74 Å². The van der Waals surface area contributed by atoms with Gasteiger partial charge in [-0.25, -0.2) is 13.2 Å². The predicted octanol–water partition coefficient (Wildman–Crippen LogP) is 4.71. The summed E-state index contributed by atoms with van der Waals surface area (Å²) in [7, 11) is 0. The number of hydrogen-bond donors (Lipinski definition) is 1. The molecule has 180 valence electrons. The largest absolute Gasteiger partial charge is 0.378 e. The van der Waals surface area contributed by atoms with Crippen LogP contribution < -0.4 is 10.2 Å². The van der Waals surface area contributed by atoms with Gasteiger partial charge in [0.25, 0.3) is 6.43 Å². The number of anilines is 2. The maximum Gasteiger partial charge on any atom is 0.266 e. The van der Waals surface area contributed by atoms with E-state index in [9.17, 15) is 13.2 Å². The fourth-order valence-electron chi connectivity index (χ4n) is 4.91. The van der Waals surface area contributed by atoms with Gasteiger partial charge in [-0.1, -0.05) is 24.3 Å². The summed E-state index contributed by atoms with van der Waals surface area (Å²) in [6.45, 7) is 8.92. The van der Waals surface area contributed by atoms with Gasteiger partial charge in [0.15, 0.2) is 5.82 Å². The van der Waals surface area contributed by atoms with Crippen LogP contribution in [0.15, 0.2) is 36.4 Å². The zero-order chi connectivity index (χ0) is 23.8. The molecule has 1 unspecified atom stereocenters. The smallest absolute Gasteiger partial charge is 0.266 e. The van der Waals surface area contributed by atoms with E-state index in [1.165, 1.54) is 12.1 Å². The van der Waals surface area contributed by atoms with Gasteiger partial charge in [-0.05, 0) is 26.0 Å². The molecule has 3 aromatic rings. The Morgan fingerprint density at radius 2 is 1.88 bits per heavy atom. The Morgan fingerprint density at radius 1 is 1.06 bits per heavy atom. The van der Waals surface area contributed by atoms with Crippen LogP contribution in [0.25, 0.3) is 10.8 Å². The number of benzene rings is 2. The minimum Gasteiger partial charge on any atom is -0.378 e. The molecule has 9 heteroatoms. The molecule has 3 heterocycles. The second-order valence-electron chi connectivity index (χ2n) is 8.99. The topological polar surface area (TPSA) is 53.5 Å². The molecule has 2 aliphatic rings. The van der Waals surface area contributed by atoms with Crippen LogP contribution in [0.4, 0.5) is 24.7 Å². The van der Waals surface area contributed by atoms with E-state index in [1.54, 1.807) is 6.92 Å². The number of piperazine rings is 1. The Bertz CT molecular complexity index is 1190. The van der Waals surface area contributed by atoms with Crippen LogP contribution in [-0.2, 0) is 4.74 Å². The second kappa shape index (κ2) is 9.38. The van der Waals surface area contributed by atoms with E-state index in [-0.39, 0.29) is 5.56 Å². The van der Waals surface area contributed by atoms with E-state index in [0.29, 0.717) is 11.9 Å². The van der Waals surface area contributed by atoms with Gasteiger partial charge in [0, 0.05) is 48.2 Å². The first-order valence-corrected chi connectivity index (χ1v) is 11.6. The number of halogens is 3. The van der Waals surface area contributed by atoms with E-state index in [2.05, 4.69) is 37.4 Å². The average Bonchev–Trinajstić information content (AvgIpc) is 2.85. The molecule has 5 rings (SSSR count). The fraction of sp³-hybridized carbons (Fsp3) is 0.440. The molecule has 2 aromatic carbocycles. The van der Waals surface area contributed by atoms with E-state index in [1.807, 2.05) is 13.0 Å². The molecule has 2 aliphatic heterocycles. The Kier molecular flexibility index (Phi) is 6.31. The molecule has 6 nitrogen and oxygen atoms in total. The van der Waals surface area contributed by atoms with Crippen molar-refractivity contribution in [2.24, 2.45) is 0 Å². The number of fused-ring (bicyclic) bond motifs is 2. The molecule has 0 saturated carbocycles. The summed E-state index contributed by atoms with van der Waals surface area (Å²) >= 11 is 0. The highest BCUT2D eigenvalue weighted by atomic mass is 19.3. The van der Waals surface area contributed by atoms with Crippen molar-refractivity contribution in [3.8, 4) is 0 Å². The lowest BCUT2D eigenvalue weighted by Crippen LogP contribution is -2.58. The lowest BCUT2D eigenvalue weighted by molar-refractivity contribution is -0.0116. The van der Waals surface area contributed by atoms with Crippen LogP contribution in [-0.4, -0.2) is 60.5 Å². The van der Waals surface area contributed by atoms with E-state index >= 15 is 0 Å². The van der Waals surface area contributed by atoms with Crippen molar-refractivity contribution in [1.29, 1.82) is 0 Å². The summed E-state index contributed by atoms with van der Waals surface area (Å²) in [5, 5.41) is 13.6. The summed E-state index contributed by atoms with van der Waals surface area (Å²) in [6, 6.07) is 10.1. The van der Waals surface area contributed by atoms with Crippen LogP contribution in [0.5, 0.6) is 0 Å². The number of hydrogen-bond acceptors (Lipinski definition) is 6. The van der Waals surface area contributed by atoms with Gasteiger partial charge in [-0.15, -0.1) is 5.10 Å². The number of morpholine rings is 1. The molecule has 34 heavy (non-hydrogen) atoms. The van der Waals surface area contributed by atoms with E-state index in [0.717, 1.165) is 67.6 Å². The number of aromatic nitrogens is 2. The standard InChI is InChI=1S/C25H28F3N5O/c1-15(20-4-3-5-21(23(20)26)24(27)28)29-25-22-12-17(6-7-19(22)16(2)30-31-25)33-9-8-32-10-11-34-14-18(32)13-33/h3-7,12,15,18,24H,8-11,13-14H2,1-2H3,(H,29,31)/t15-,18?/m1/s1. The Balaban J connectivity index is 1.45. The SMILES string of the molecule is Cc1nnc(N[C@H](C)c2cccc(C(F)F)c2F)c2cc(N3CCN4CCOCC4C3)ccc12. The second-order valence-corrected chi connectivity index (χ2v) is 8.99. The number of nitrogens with zero attached hydrogens (tertiary/aromatic N) is 4. The van der Waals surface area contributed by atoms with Crippen LogP contribution >= 0.6 is 0 Å². The van der Waals surface area contributed by atoms with Crippen molar-refractivity contribution < 1.29 is 17.9 Å². The first-order chi connectivity index (χ1) is 16.4. The van der Waals surface area contributed by atoms with Crippen LogP contribution in [0.1, 0.15) is 36.2 Å². The minimum atomic E-state index is -2.87.